The molecule has 0 amide bonds. The first-order valence-corrected chi connectivity index (χ1v) is 7.42. The molecule has 0 saturated heterocycles. The first-order chi connectivity index (χ1) is 11.1. The van der Waals surface area contributed by atoms with E-state index in [1.165, 1.54) is 12.2 Å². The van der Waals surface area contributed by atoms with Crippen molar-refractivity contribution in [3.05, 3.63) is 60.2 Å². The van der Waals surface area contributed by atoms with Crippen LogP contribution in [0.2, 0.25) is 0 Å². The van der Waals surface area contributed by atoms with E-state index in [4.69, 9.17) is 9.47 Å². The summed E-state index contributed by atoms with van der Waals surface area (Å²) in [6.45, 7) is 0.269. The zero-order valence-electron chi connectivity index (χ0n) is 12.5. The number of carbonyl (C=O) groups is 1. The summed E-state index contributed by atoms with van der Waals surface area (Å²) in [6, 6.07) is 14.0. The number of rotatable bonds is 5. The predicted octanol–water partition coefficient (Wildman–Crippen LogP) is 1.56. The minimum Gasteiger partial charge on any atom is -0.387 e. The molecule has 120 valence electrons. The first kappa shape index (κ1) is 15.8. The first-order valence-electron chi connectivity index (χ1n) is 7.42. The molecule has 0 aliphatic carbocycles. The quantitative estimate of drug-likeness (QED) is 0.876. The topological polar surface area (TPSA) is 76.0 Å². The van der Waals surface area contributed by atoms with E-state index in [0.717, 1.165) is 16.3 Å². The van der Waals surface area contributed by atoms with Gasteiger partial charge in [0.05, 0.1) is 13.2 Å². The molecular weight excluding hydrogens is 296 g/mol. The highest BCUT2D eigenvalue weighted by Gasteiger charge is 2.31. The summed E-state index contributed by atoms with van der Waals surface area (Å²) < 4.78 is 10.5. The van der Waals surface area contributed by atoms with Crippen molar-refractivity contribution in [3.63, 3.8) is 0 Å². The maximum atomic E-state index is 11.6. The van der Waals surface area contributed by atoms with Crippen molar-refractivity contribution < 1.29 is 24.5 Å². The van der Waals surface area contributed by atoms with E-state index in [-0.39, 0.29) is 12.4 Å². The molecule has 5 heteroatoms. The highest BCUT2D eigenvalue weighted by atomic mass is 16.6. The molecule has 2 N–H and O–H groups in total. The fourth-order valence-corrected chi connectivity index (χ4v) is 2.53. The number of aliphatic hydroxyl groups excluding tert-OH is 2. The van der Waals surface area contributed by atoms with Gasteiger partial charge in [0.2, 0.25) is 0 Å². The van der Waals surface area contributed by atoms with E-state index in [1.54, 1.807) is 0 Å². The van der Waals surface area contributed by atoms with Gasteiger partial charge in [-0.2, -0.15) is 0 Å². The van der Waals surface area contributed by atoms with Gasteiger partial charge in [-0.05, 0) is 34.6 Å². The Labute approximate surface area is 133 Å². The van der Waals surface area contributed by atoms with Gasteiger partial charge >= 0.3 is 0 Å². The summed E-state index contributed by atoms with van der Waals surface area (Å²) in [5, 5.41) is 21.6. The van der Waals surface area contributed by atoms with Gasteiger partial charge in [-0.1, -0.05) is 36.4 Å². The summed E-state index contributed by atoms with van der Waals surface area (Å²) >= 11 is 0. The highest BCUT2D eigenvalue weighted by molar-refractivity contribution is 5.94. The summed E-state index contributed by atoms with van der Waals surface area (Å²) in [5.41, 5.74) is 0.978. The lowest BCUT2D eigenvalue weighted by atomic mass is 10.1. The number of ether oxygens (including phenoxy) is 2. The van der Waals surface area contributed by atoms with Gasteiger partial charge in [-0.15, -0.1) is 0 Å². The van der Waals surface area contributed by atoms with Gasteiger partial charge in [0.25, 0.3) is 0 Å². The van der Waals surface area contributed by atoms with E-state index in [2.05, 4.69) is 0 Å². The zero-order valence-corrected chi connectivity index (χ0v) is 12.5. The fraction of sp³-hybridized carbons (Fsp3) is 0.278. The second kappa shape index (κ2) is 7.02. The maximum Gasteiger partial charge on any atom is 0.187 e. The monoisotopic (exact) mass is 314 g/mol. The molecule has 3 atom stereocenters. The second-order valence-electron chi connectivity index (χ2n) is 5.47. The Balaban J connectivity index is 1.55. The molecule has 1 aliphatic rings. The number of fused-ring (bicyclic) bond motifs is 1. The molecule has 5 nitrogen and oxygen atoms in total. The Morgan fingerprint density at radius 1 is 1.17 bits per heavy atom. The average Bonchev–Trinajstić information content (AvgIpc) is 2.57. The molecule has 2 aromatic carbocycles. The lowest BCUT2D eigenvalue weighted by molar-refractivity contribution is -0.170. The molecule has 0 radical (unpaired) electrons. The molecule has 3 rings (SSSR count). The highest BCUT2D eigenvalue weighted by Crippen LogP contribution is 2.17. The Morgan fingerprint density at radius 3 is 2.78 bits per heavy atom. The Hall–Kier alpha value is -2.05. The summed E-state index contributed by atoms with van der Waals surface area (Å²) in [6.07, 6.45) is -0.936. The van der Waals surface area contributed by atoms with Crippen LogP contribution in [0.3, 0.4) is 0 Å². The number of hydrogen-bond acceptors (Lipinski definition) is 5. The number of ketones is 1. The van der Waals surface area contributed by atoms with Crippen molar-refractivity contribution in [1.82, 2.24) is 0 Å². The second-order valence-corrected chi connectivity index (χ2v) is 5.47. The van der Waals surface area contributed by atoms with Crippen molar-refractivity contribution >= 4 is 16.6 Å². The minimum absolute atomic E-state index is 0.0518. The van der Waals surface area contributed by atoms with E-state index in [1.807, 2.05) is 42.5 Å². The van der Waals surface area contributed by atoms with Crippen LogP contribution in [0.1, 0.15) is 5.56 Å². The van der Waals surface area contributed by atoms with Gasteiger partial charge in [0, 0.05) is 0 Å². The maximum absolute atomic E-state index is 11.6. The van der Waals surface area contributed by atoms with Crippen LogP contribution >= 0.6 is 0 Å². The van der Waals surface area contributed by atoms with Gasteiger partial charge in [0.15, 0.2) is 18.2 Å². The normalized spacial score (nSPS) is 22.4. The van der Waals surface area contributed by atoms with Crippen molar-refractivity contribution in [2.45, 2.75) is 25.1 Å². The van der Waals surface area contributed by atoms with E-state index in [9.17, 15) is 15.0 Å². The molecule has 2 aromatic rings. The van der Waals surface area contributed by atoms with Crippen molar-refractivity contribution in [2.24, 2.45) is 0 Å². The van der Waals surface area contributed by atoms with Gasteiger partial charge < -0.3 is 19.7 Å². The molecule has 23 heavy (non-hydrogen) atoms. The van der Waals surface area contributed by atoms with Crippen molar-refractivity contribution in [3.8, 4) is 0 Å². The van der Waals surface area contributed by atoms with Crippen molar-refractivity contribution in [1.29, 1.82) is 0 Å². The van der Waals surface area contributed by atoms with Crippen LogP contribution in [0.25, 0.3) is 10.8 Å². The van der Waals surface area contributed by atoms with Gasteiger partial charge in [0.1, 0.15) is 6.10 Å². The Morgan fingerprint density at radius 2 is 1.96 bits per heavy atom. The molecule has 0 bridgehead atoms. The van der Waals surface area contributed by atoms with E-state index >= 15 is 0 Å². The lowest BCUT2D eigenvalue weighted by Gasteiger charge is -2.25. The molecule has 0 spiro atoms. The summed E-state index contributed by atoms with van der Waals surface area (Å²) in [4.78, 5) is 11.6. The molecule has 1 unspecified atom stereocenters. The van der Waals surface area contributed by atoms with Crippen LogP contribution in [-0.4, -0.2) is 41.1 Å². The van der Waals surface area contributed by atoms with Gasteiger partial charge in [-0.25, -0.2) is 0 Å². The number of hydrogen-bond donors (Lipinski definition) is 2. The molecule has 0 aromatic heterocycles. The van der Waals surface area contributed by atoms with Crippen LogP contribution in [0, 0.1) is 0 Å². The van der Waals surface area contributed by atoms with Crippen LogP contribution in [0.4, 0.5) is 0 Å². The number of aliphatic hydroxyl groups is 2. The third kappa shape index (κ3) is 3.83. The van der Waals surface area contributed by atoms with E-state index in [0.29, 0.717) is 6.61 Å². The predicted molar refractivity (Wildman–Crippen MR) is 84.6 cm³/mol. The van der Waals surface area contributed by atoms with Crippen LogP contribution in [-0.2, 0) is 20.9 Å². The van der Waals surface area contributed by atoms with Crippen LogP contribution in [0.15, 0.2) is 54.6 Å². The third-order valence-electron chi connectivity index (χ3n) is 3.71. The SMILES string of the molecule is O=C1C=CC(O)O[C@H]1[C@H](O)COCc1ccc2ccccc2c1. The third-order valence-corrected chi connectivity index (χ3v) is 3.71. The van der Waals surface area contributed by atoms with Crippen LogP contribution in [0.5, 0.6) is 0 Å². The van der Waals surface area contributed by atoms with E-state index < -0.39 is 18.5 Å². The molecule has 1 heterocycles. The lowest BCUT2D eigenvalue weighted by Crippen LogP contribution is -2.43. The molecule has 0 fully saturated rings. The summed E-state index contributed by atoms with van der Waals surface area (Å²) in [7, 11) is 0. The standard InChI is InChI=1S/C18H18O5/c19-15-7-8-17(21)23-18(15)16(20)11-22-10-12-5-6-13-3-1-2-4-14(13)9-12/h1-9,16-18,20-21H,10-11H2/t16-,17?,18-/m1/s1. The number of carbonyl (C=O) groups excluding carboxylic acids is 1. The van der Waals surface area contributed by atoms with Crippen molar-refractivity contribution in [2.75, 3.05) is 6.61 Å². The smallest absolute Gasteiger partial charge is 0.187 e. The fourth-order valence-electron chi connectivity index (χ4n) is 2.53. The largest absolute Gasteiger partial charge is 0.387 e. The molecule has 1 aliphatic heterocycles. The number of benzene rings is 2. The zero-order chi connectivity index (χ0) is 16.2. The van der Waals surface area contributed by atoms with Crippen LogP contribution < -0.4 is 0 Å². The molecular formula is C18H18O5. The molecule has 0 saturated carbocycles. The summed E-state index contributed by atoms with van der Waals surface area (Å²) in [5.74, 6) is -0.378. The average molecular weight is 314 g/mol. The van der Waals surface area contributed by atoms with Gasteiger partial charge in [-0.3, -0.25) is 4.79 Å². The minimum atomic E-state index is -1.17. The Kier molecular flexibility index (Phi) is 4.83. The Bertz CT molecular complexity index is 724.